The predicted molar refractivity (Wildman–Crippen MR) is 80.4 cm³/mol. The molecule has 1 aromatic heterocycles. The van der Waals surface area contributed by atoms with Gasteiger partial charge in [-0.1, -0.05) is 29.8 Å². The van der Waals surface area contributed by atoms with Gasteiger partial charge in [0.2, 0.25) is 0 Å². The van der Waals surface area contributed by atoms with Crippen molar-refractivity contribution in [3.8, 4) is 0 Å². The molecule has 2 nitrogen and oxygen atoms in total. The number of nitrogens with two attached hydrogens (primary N) is 1. The van der Waals surface area contributed by atoms with Crippen molar-refractivity contribution in [3.63, 3.8) is 0 Å². The first kappa shape index (κ1) is 12.9. The maximum atomic E-state index is 13.7. The highest BCUT2D eigenvalue weighted by Gasteiger charge is 2.08. The van der Waals surface area contributed by atoms with E-state index in [0.717, 1.165) is 16.5 Å². The molecule has 2 aromatic carbocycles. The monoisotopic (exact) mass is 286 g/mol. The lowest BCUT2D eigenvalue weighted by Gasteiger charge is -2.08. The second-order valence-electron chi connectivity index (χ2n) is 4.64. The molecule has 0 radical (unpaired) electrons. The van der Waals surface area contributed by atoms with Gasteiger partial charge in [-0.3, -0.25) is 0 Å². The lowest BCUT2D eigenvalue weighted by Crippen LogP contribution is -2.00. The van der Waals surface area contributed by atoms with E-state index >= 15 is 0 Å². The minimum atomic E-state index is -0.238. The molecule has 3 aromatic rings. The first-order chi connectivity index (χ1) is 9.63. The molecule has 0 atom stereocenters. The standard InChI is InChI=1S/C16H12ClFN2/c17-13-5-6-15-11(9-13)8-12(16(19)20-15)7-10-3-1-2-4-14(10)18/h1-6,8-9H,7H2,(H2,19,20). The van der Waals surface area contributed by atoms with Gasteiger partial charge >= 0.3 is 0 Å². The Hall–Kier alpha value is -2.13. The zero-order valence-corrected chi connectivity index (χ0v) is 11.4. The Balaban J connectivity index is 2.07. The average molecular weight is 287 g/mol. The van der Waals surface area contributed by atoms with Gasteiger partial charge in [0, 0.05) is 16.8 Å². The lowest BCUT2D eigenvalue weighted by atomic mass is 10.0. The van der Waals surface area contributed by atoms with Gasteiger partial charge in [0.05, 0.1) is 5.52 Å². The average Bonchev–Trinajstić information content (AvgIpc) is 2.42. The number of rotatable bonds is 2. The normalized spacial score (nSPS) is 10.9. The molecule has 3 rings (SSSR count). The molecule has 4 heteroatoms. The fraction of sp³-hybridized carbons (Fsp3) is 0.0625. The van der Waals surface area contributed by atoms with Crippen LogP contribution < -0.4 is 5.73 Å². The van der Waals surface area contributed by atoms with Crippen LogP contribution in [0.25, 0.3) is 10.9 Å². The molecule has 0 spiro atoms. The number of nitrogen functional groups attached to an aromatic ring is 1. The highest BCUT2D eigenvalue weighted by atomic mass is 35.5. The van der Waals surface area contributed by atoms with Crippen molar-refractivity contribution in [1.29, 1.82) is 0 Å². The maximum absolute atomic E-state index is 13.7. The van der Waals surface area contributed by atoms with Crippen LogP contribution in [-0.4, -0.2) is 4.98 Å². The molecule has 1 heterocycles. The minimum Gasteiger partial charge on any atom is -0.383 e. The summed E-state index contributed by atoms with van der Waals surface area (Å²) in [7, 11) is 0. The molecule has 0 bridgehead atoms. The summed E-state index contributed by atoms with van der Waals surface area (Å²) in [6, 6.07) is 14.0. The summed E-state index contributed by atoms with van der Waals surface area (Å²) >= 11 is 5.98. The predicted octanol–water partition coefficient (Wildman–Crippen LogP) is 4.20. The summed E-state index contributed by atoms with van der Waals surface area (Å²) in [6.45, 7) is 0. The minimum absolute atomic E-state index is 0.238. The van der Waals surface area contributed by atoms with Gasteiger partial charge < -0.3 is 5.73 Å². The molecule has 0 saturated heterocycles. The molecule has 0 unspecified atom stereocenters. The Morgan fingerprint density at radius 2 is 1.85 bits per heavy atom. The van der Waals surface area contributed by atoms with E-state index in [0.29, 0.717) is 22.8 Å². The highest BCUT2D eigenvalue weighted by Crippen LogP contribution is 2.24. The van der Waals surface area contributed by atoms with E-state index < -0.39 is 0 Å². The summed E-state index contributed by atoms with van der Waals surface area (Å²) in [5.41, 5.74) is 8.13. The van der Waals surface area contributed by atoms with Crippen LogP contribution in [0.15, 0.2) is 48.5 Å². The van der Waals surface area contributed by atoms with Crippen LogP contribution in [-0.2, 0) is 6.42 Å². The fourth-order valence-corrected chi connectivity index (χ4v) is 2.38. The van der Waals surface area contributed by atoms with Gasteiger partial charge in [0.1, 0.15) is 11.6 Å². The van der Waals surface area contributed by atoms with Crippen LogP contribution in [0.4, 0.5) is 10.2 Å². The van der Waals surface area contributed by atoms with Crippen molar-refractivity contribution in [2.24, 2.45) is 0 Å². The number of fused-ring (bicyclic) bond motifs is 1. The first-order valence-electron chi connectivity index (χ1n) is 6.21. The Morgan fingerprint density at radius 3 is 2.65 bits per heavy atom. The van der Waals surface area contributed by atoms with Gasteiger partial charge in [-0.2, -0.15) is 0 Å². The third-order valence-corrected chi connectivity index (χ3v) is 3.46. The molecule has 20 heavy (non-hydrogen) atoms. The van der Waals surface area contributed by atoms with Crippen molar-refractivity contribution >= 4 is 28.3 Å². The van der Waals surface area contributed by atoms with Crippen molar-refractivity contribution in [2.45, 2.75) is 6.42 Å². The van der Waals surface area contributed by atoms with Crippen molar-refractivity contribution in [3.05, 3.63) is 70.5 Å². The highest BCUT2D eigenvalue weighted by molar-refractivity contribution is 6.31. The van der Waals surface area contributed by atoms with Crippen LogP contribution in [0.1, 0.15) is 11.1 Å². The lowest BCUT2D eigenvalue weighted by molar-refractivity contribution is 0.614. The zero-order chi connectivity index (χ0) is 14.1. The molecule has 0 aliphatic carbocycles. The summed E-state index contributed by atoms with van der Waals surface area (Å²) in [4.78, 5) is 4.34. The number of hydrogen-bond donors (Lipinski definition) is 1. The number of aromatic nitrogens is 1. The molecular weight excluding hydrogens is 275 g/mol. The topological polar surface area (TPSA) is 38.9 Å². The van der Waals surface area contributed by atoms with E-state index in [9.17, 15) is 4.39 Å². The van der Waals surface area contributed by atoms with E-state index in [4.69, 9.17) is 17.3 Å². The third kappa shape index (κ3) is 2.45. The Bertz CT molecular complexity index is 787. The Labute approximate surface area is 121 Å². The van der Waals surface area contributed by atoms with E-state index in [1.165, 1.54) is 6.07 Å². The van der Waals surface area contributed by atoms with Crippen LogP contribution >= 0.6 is 11.6 Å². The molecule has 0 fully saturated rings. The second-order valence-corrected chi connectivity index (χ2v) is 5.07. The van der Waals surface area contributed by atoms with Crippen LogP contribution in [0.3, 0.4) is 0 Å². The number of hydrogen-bond acceptors (Lipinski definition) is 2. The molecule has 0 saturated carbocycles. The zero-order valence-electron chi connectivity index (χ0n) is 10.6. The van der Waals surface area contributed by atoms with Crippen molar-refractivity contribution in [2.75, 3.05) is 5.73 Å². The quantitative estimate of drug-likeness (QED) is 0.767. The first-order valence-corrected chi connectivity index (χ1v) is 6.59. The Morgan fingerprint density at radius 1 is 1.05 bits per heavy atom. The summed E-state index contributed by atoms with van der Waals surface area (Å²) in [6.07, 6.45) is 0.411. The largest absolute Gasteiger partial charge is 0.383 e. The fourth-order valence-electron chi connectivity index (χ4n) is 2.19. The molecule has 0 aliphatic heterocycles. The van der Waals surface area contributed by atoms with Crippen LogP contribution in [0.2, 0.25) is 5.02 Å². The third-order valence-electron chi connectivity index (χ3n) is 3.23. The summed E-state index contributed by atoms with van der Waals surface area (Å²) in [5.74, 6) is 0.182. The maximum Gasteiger partial charge on any atom is 0.127 e. The number of pyridine rings is 1. The van der Waals surface area contributed by atoms with Gasteiger partial charge in [-0.25, -0.2) is 9.37 Å². The molecule has 100 valence electrons. The SMILES string of the molecule is Nc1nc2ccc(Cl)cc2cc1Cc1ccccc1F. The van der Waals surface area contributed by atoms with Gasteiger partial charge in [-0.15, -0.1) is 0 Å². The van der Waals surface area contributed by atoms with Crippen LogP contribution in [0.5, 0.6) is 0 Å². The van der Waals surface area contributed by atoms with E-state index in [2.05, 4.69) is 4.98 Å². The number of halogens is 2. The van der Waals surface area contributed by atoms with Crippen LogP contribution in [0, 0.1) is 5.82 Å². The summed E-state index contributed by atoms with van der Waals surface area (Å²) in [5, 5.41) is 1.54. The number of nitrogens with zero attached hydrogens (tertiary/aromatic N) is 1. The number of anilines is 1. The van der Waals surface area contributed by atoms with E-state index in [1.54, 1.807) is 24.3 Å². The van der Waals surface area contributed by atoms with E-state index in [-0.39, 0.29) is 5.82 Å². The molecule has 2 N–H and O–H groups in total. The molecular formula is C16H12ClFN2. The van der Waals surface area contributed by atoms with Crippen molar-refractivity contribution in [1.82, 2.24) is 4.98 Å². The molecule has 0 amide bonds. The number of benzene rings is 2. The smallest absolute Gasteiger partial charge is 0.127 e. The van der Waals surface area contributed by atoms with E-state index in [1.807, 2.05) is 18.2 Å². The Kier molecular flexibility index (Phi) is 3.28. The van der Waals surface area contributed by atoms with Gasteiger partial charge in [0.25, 0.3) is 0 Å². The summed E-state index contributed by atoms with van der Waals surface area (Å²) < 4.78 is 13.7. The van der Waals surface area contributed by atoms with Gasteiger partial charge in [0.15, 0.2) is 0 Å². The molecule has 0 aliphatic rings. The van der Waals surface area contributed by atoms with Gasteiger partial charge in [-0.05, 0) is 41.5 Å². The second kappa shape index (κ2) is 5.10. The van der Waals surface area contributed by atoms with Crippen molar-refractivity contribution < 1.29 is 4.39 Å².